The number of nitrogens with zero attached hydrogens (tertiary/aromatic N) is 1. The molecule has 0 atom stereocenters. The summed E-state index contributed by atoms with van der Waals surface area (Å²) in [5.74, 6) is 4.79. The quantitative estimate of drug-likeness (QED) is 0.398. The first-order valence-electron chi connectivity index (χ1n) is 5.59. The minimum Gasteiger partial charge on any atom is -0.486 e. The molecule has 8 nitrogen and oxygen atoms in total. The smallest absolute Gasteiger partial charge is 0.287 e. The molecule has 104 valence electrons. The van der Waals surface area contributed by atoms with E-state index in [1.165, 1.54) is 6.07 Å². The Morgan fingerprint density at radius 3 is 2.60 bits per heavy atom. The van der Waals surface area contributed by atoms with Crippen molar-refractivity contribution in [1.82, 2.24) is 10.6 Å². The van der Waals surface area contributed by atoms with E-state index < -0.39 is 11.8 Å². The highest BCUT2D eigenvalue weighted by molar-refractivity contribution is 5.92. The molecule has 5 N–H and O–H groups in total. The second-order valence-electron chi connectivity index (χ2n) is 3.83. The van der Waals surface area contributed by atoms with Gasteiger partial charge in [0.05, 0.1) is 0 Å². The van der Waals surface area contributed by atoms with Gasteiger partial charge < -0.3 is 15.0 Å². The predicted octanol–water partition coefficient (Wildman–Crippen LogP) is -0.0440. The number of primary amides is 1. The predicted molar refractivity (Wildman–Crippen MR) is 67.4 cm³/mol. The molecule has 0 bridgehead atoms. The molecule has 1 heterocycles. The van der Waals surface area contributed by atoms with Crippen LogP contribution in [0.3, 0.4) is 0 Å². The molecular weight excluding hydrogens is 264 g/mol. The van der Waals surface area contributed by atoms with Crippen molar-refractivity contribution in [2.24, 2.45) is 11.6 Å². The van der Waals surface area contributed by atoms with Crippen molar-refractivity contribution in [3.8, 4) is 5.75 Å². The average molecular weight is 276 g/mol. The molecule has 0 aliphatic carbocycles. The number of hydrazine groups is 1. The van der Waals surface area contributed by atoms with Crippen LogP contribution in [-0.2, 0) is 6.61 Å². The van der Waals surface area contributed by atoms with Crippen LogP contribution in [-0.4, -0.2) is 17.0 Å². The highest BCUT2D eigenvalue weighted by Gasteiger charge is 2.11. The van der Waals surface area contributed by atoms with Gasteiger partial charge in [-0.05, 0) is 24.3 Å². The average Bonchev–Trinajstić information content (AvgIpc) is 2.93. The fourth-order valence-electron chi connectivity index (χ4n) is 1.43. The Kier molecular flexibility index (Phi) is 3.96. The van der Waals surface area contributed by atoms with Gasteiger partial charge in [0.15, 0.2) is 11.5 Å². The van der Waals surface area contributed by atoms with Crippen LogP contribution >= 0.6 is 0 Å². The minimum atomic E-state index is -0.550. The number of nitrogen functional groups attached to an aromatic ring is 1. The lowest BCUT2D eigenvalue weighted by Crippen LogP contribution is -2.30. The van der Waals surface area contributed by atoms with Gasteiger partial charge in [-0.2, -0.15) is 0 Å². The van der Waals surface area contributed by atoms with Gasteiger partial charge in [-0.15, -0.1) is 0 Å². The van der Waals surface area contributed by atoms with Crippen LogP contribution < -0.4 is 21.7 Å². The van der Waals surface area contributed by atoms with E-state index in [0.717, 1.165) is 0 Å². The Balaban J connectivity index is 1.96. The summed E-state index contributed by atoms with van der Waals surface area (Å²) in [6.07, 6.45) is 0. The Labute approximate surface area is 113 Å². The van der Waals surface area contributed by atoms with E-state index >= 15 is 0 Å². The summed E-state index contributed by atoms with van der Waals surface area (Å²) in [4.78, 5) is 22.1. The second-order valence-corrected chi connectivity index (χ2v) is 3.83. The first-order valence-corrected chi connectivity index (χ1v) is 5.59. The lowest BCUT2D eigenvalue weighted by Gasteiger charge is -2.03. The van der Waals surface area contributed by atoms with Gasteiger partial charge in [0.25, 0.3) is 5.91 Å². The lowest BCUT2D eigenvalue weighted by atomic mass is 10.2. The van der Waals surface area contributed by atoms with Crippen LogP contribution in [0.5, 0.6) is 5.75 Å². The largest absolute Gasteiger partial charge is 0.486 e. The second kappa shape index (κ2) is 5.85. The fourth-order valence-corrected chi connectivity index (χ4v) is 1.43. The van der Waals surface area contributed by atoms with Crippen molar-refractivity contribution >= 4 is 11.8 Å². The third-order valence-corrected chi connectivity index (χ3v) is 2.44. The molecule has 1 aromatic carbocycles. The van der Waals surface area contributed by atoms with E-state index in [0.29, 0.717) is 17.1 Å². The first kappa shape index (κ1) is 13.6. The first-order chi connectivity index (χ1) is 9.60. The number of rotatable bonds is 5. The molecule has 20 heavy (non-hydrogen) atoms. The minimum absolute atomic E-state index is 0.0650. The molecule has 0 saturated carbocycles. The van der Waals surface area contributed by atoms with Crippen LogP contribution in [0, 0.1) is 0 Å². The van der Waals surface area contributed by atoms with Crippen LogP contribution in [0.2, 0.25) is 0 Å². The number of nitrogens with two attached hydrogens (primary N) is 2. The van der Waals surface area contributed by atoms with E-state index in [9.17, 15) is 9.59 Å². The van der Waals surface area contributed by atoms with Crippen molar-refractivity contribution < 1.29 is 18.8 Å². The van der Waals surface area contributed by atoms with E-state index in [1.807, 2.05) is 5.43 Å². The summed E-state index contributed by atoms with van der Waals surface area (Å²) in [7, 11) is 0. The van der Waals surface area contributed by atoms with Crippen LogP contribution in [0.1, 0.15) is 26.6 Å². The van der Waals surface area contributed by atoms with Gasteiger partial charge in [-0.3, -0.25) is 15.0 Å². The highest BCUT2D eigenvalue weighted by Crippen LogP contribution is 2.14. The van der Waals surface area contributed by atoms with Gasteiger partial charge in [-0.1, -0.05) is 5.16 Å². The molecule has 0 spiro atoms. The number of benzene rings is 1. The van der Waals surface area contributed by atoms with Crippen molar-refractivity contribution in [2.45, 2.75) is 6.61 Å². The van der Waals surface area contributed by atoms with E-state index in [4.69, 9.17) is 20.8 Å². The number of aromatic nitrogens is 1. The monoisotopic (exact) mass is 276 g/mol. The zero-order valence-electron chi connectivity index (χ0n) is 10.3. The SMILES string of the molecule is NNC(=O)c1cc(COc2ccc(C(N)=O)cc2)on1. The number of ether oxygens (including phenoxy) is 1. The normalized spacial score (nSPS) is 10.1. The number of carbonyl (C=O) groups excluding carboxylic acids is 2. The number of hydrogen-bond acceptors (Lipinski definition) is 6. The number of nitrogens with one attached hydrogen (secondary N) is 1. The Hall–Kier alpha value is -2.87. The maximum atomic E-state index is 11.2. The van der Waals surface area contributed by atoms with Crippen LogP contribution in [0.25, 0.3) is 0 Å². The van der Waals surface area contributed by atoms with Crippen molar-refractivity contribution in [3.63, 3.8) is 0 Å². The topological polar surface area (TPSA) is 133 Å². The van der Waals surface area contributed by atoms with Gasteiger partial charge in [0.2, 0.25) is 5.91 Å². The summed E-state index contributed by atoms with van der Waals surface area (Å²) < 4.78 is 10.3. The van der Waals surface area contributed by atoms with Gasteiger partial charge >= 0.3 is 0 Å². The van der Waals surface area contributed by atoms with Crippen molar-refractivity contribution in [2.75, 3.05) is 0 Å². The summed E-state index contributed by atoms with van der Waals surface area (Å²) in [5, 5.41) is 3.53. The zero-order valence-corrected chi connectivity index (χ0v) is 10.3. The maximum absolute atomic E-state index is 11.2. The molecule has 0 aliphatic heterocycles. The fraction of sp³-hybridized carbons (Fsp3) is 0.0833. The maximum Gasteiger partial charge on any atom is 0.287 e. The summed E-state index contributed by atoms with van der Waals surface area (Å²) in [6.45, 7) is 0.0841. The molecule has 8 heteroatoms. The third-order valence-electron chi connectivity index (χ3n) is 2.44. The van der Waals surface area contributed by atoms with Gasteiger partial charge in [0, 0.05) is 11.6 Å². The molecule has 2 rings (SSSR count). The van der Waals surface area contributed by atoms with E-state index in [1.54, 1.807) is 24.3 Å². The molecule has 0 unspecified atom stereocenters. The molecule has 0 aliphatic rings. The lowest BCUT2D eigenvalue weighted by molar-refractivity contribution is 0.0943. The van der Waals surface area contributed by atoms with Crippen LogP contribution in [0.4, 0.5) is 0 Å². The Bertz CT molecular complexity index is 621. The van der Waals surface area contributed by atoms with E-state index in [2.05, 4.69) is 5.16 Å². The Morgan fingerprint density at radius 1 is 1.30 bits per heavy atom. The molecule has 2 amide bonds. The standard InChI is InChI=1S/C12H12N4O4/c13-11(17)7-1-3-8(4-2-7)19-6-9-5-10(16-20-9)12(18)15-14/h1-5H,6,14H2,(H2,13,17)(H,15,18). The molecule has 0 radical (unpaired) electrons. The van der Waals surface area contributed by atoms with E-state index in [-0.39, 0.29) is 12.3 Å². The summed E-state index contributed by atoms with van der Waals surface area (Å²) in [6, 6.07) is 7.71. The van der Waals surface area contributed by atoms with Gasteiger partial charge in [0.1, 0.15) is 12.4 Å². The Morgan fingerprint density at radius 2 is 2.00 bits per heavy atom. The molecule has 2 aromatic rings. The number of hydrogen-bond donors (Lipinski definition) is 3. The molecule has 0 saturated heterocycles. The molecule has 0 fully saturated rings. The number of amides is 2. The number of carbonyl (C=O) groups is 2. The third kappa shape index (κ3) is 3.12. The highest BCUT2D eigenvalue weighted by atomic mass is 16.5. The van der Waals surface area contributed by atoms with Crippen molar-refractivity contribution in [1.29, 1.82) is 0 Å². The van der Waals surface area contributed by atoms with Gasteiger partial charge in [-0.25, -0.2) is 5.84 Å². The van der Waals surface area contributed by atoms with Crippen LogP contribution in [0.15, 0.2) is 34.9 Å². The van der Waals surface area contributed by atoms with Crippen molar-refractivity contribution in [3.05, 3.63) is 47.3 Å². The zero-order chi connectivity index (χ0) is 14.5. The summed E-state index contributed by atoms with van der Waals surface area (Å²) >= 11 is 0. The summed E-state index contributed by atoms with van der Waals surface area (Å²) in [5.41, 5.74) is 7.51. The molecular formula is C12H12N4O4. The molecule has 1 aromatic heterocycles.